The topological polar surface area (TPSA) is 65.1 Å². The van der Waals surface area contributed by atoms with E-state index >= 15 is 0 Å². The first kappa shape index (κ1) is 10.2. The van der Waals surface area contributed by atoms with Crippen LogP contribution in [-0.4, -0.2) is 9.55 Å². The lowest BCUT2D eigenvalue weighted by molar-refractivity contribution is 0.426. The largest absolute Gasteiger partial charge is 0.424 e. The summed E-state index contributed by atoms with van der Waals surface area (Å²) in [5.74, 6) is 4.66. The molecular weight excluding hydrogens is 208 g/mol. The molecule has 0 aliphatic heterocycles. The van der Waals surface area contributed by atoms with Gasteiger partial charge in [-0.1, -0.05) is 5.92 Å². The second-order valence-electron chi connectivity index (χ2n) is 3.04. The minimum Gasteiger partial charge on any atom is -0.372 e. The zero-order valence-corrected chi connectivity index (χ0v) is 8.56. The number of hydrogen-bond donors (Lipinski definition) is 0. The molecule has 2 heterocycles. The van der Waals surface area contributed by atoms with Gasteiger partial charge in [-0.3, -0.25) is 0 Å². The first-order valence-electron chi connectivity index (χ1n) is 4.62. The molecule has 0 spiro atoms. The zero-order chi connectivity index (χ0) is 11.5. The first-order chi connectivity index (χ1) is 7.74. The third-order valence-corrected chi connectivity index (χ3v) is 2.08. The van der Waals surface area contributed by atoms with Crippen molar-refractivity contribution in [1.82, 2.24) is 9.55 Å². The average Bonchev–Trinajstić information content (AvgIpc) is 2.29. The monoisotopic (exact) mass is 216 g/mol. The van der Waals surface area contributed by atoms with E-state index in [0.29, 0.717) is 5.65 Å². The second kappa shape index (κ2) is 4.03. The molecule has 80 valence electrons. The molecule has 5 heteroatoms. The summed E-state index contributed by atoms with van der Waals surface area (Å²) >= 11 is 0. The minimum atomic E-state index is -0.737. The van der Waals surface area contributed by atoms with Gasteiger partial charge < -0.3 is 4.42 Å². The van der Waals surface area contributed by atoms with Gasteiger partial charge in [-0.05, 0) is 19.1 Å². The molecule has 16 heavy (non-hydrogen) atoms. The summed E-state index contributed by atoms with van der Waals surface area (Å²) in [6, 6.07) is 3.17. The minimum absolute atomic E-state index is 0.159. The highest BCUT2D eigenvalue weighted by Gasteiger charge is 2.08. The molecule has 0 atom stereocenters. The smallest absolute Gasteiger partial charge is 0.372 e. The van der Waals surface area contributed by atoms with Crippen molar-refractivity contribution in [2.45, 2.75) is 13.5 Å². The lowest BCUT2D eigenvalue weighted by Gasteiger charge is -2.02. The Morgan fingerprint density at radius 1 is 1.50 bits per heavy atom. The third kappa shape index (κ3) is 1.61. The predicted molar refractivity (Wildman–Crippen MR) is 58.0 cm³/mol. The van der Waals surface area contributed by atoms with Gasteiger partial charge in [0.15, 0.2) is 5.65 Å². The second-order valence-corrected chi connectivity index (χ2v) is 3.04. The molecule has 0 amide bonds. The van der Waals surface area contributed by atoms with Gasteiger partial charge in [0, 0.05) is 6.20 Å². The number of fused-ring (bicyclic) bond motifs is 1. The molecular formula is C11H8N2O3. The normalized spacial score (nSPS) is 9.81. The van der Waals surface area contributed by atoms with Crippen LogP contribution in [0.1, 0.15) is 6.92 Å². The number of hydrogen-bond acceptors (Lipinski definition) is 4. The van der Waals surface area contributed by atoms with Crippen molar-refractivity contribution < 1.29 is 4.42 Å². The fourth-order valence-corrected chi connectivity index (χ4v) is 1.34. The highest BCUT2D eigenvalue weighted by Crippen LogP contribution is 2.02. The van der Waals surface area contributed by atoms with Gasteiger partial charge >= 0.3 is 11.4 Å². The van der Waals surface area contributed by atoms with Crippen molar-refractivity contribution in [1.29, 1.82) is 0 Å². The van der Waals surface area contributed by atoms with Crippen LogP contribution in [0.15, 0.2) is 32.3 Å². The number of nitrogens with zero attached hydrogens (tertiary/aromatic N) is 2. The van der Waals surface area contributed by atoms with Crippen LogP contribution in [0.3, 0.4) is 0 Å². The molecule has 0 aromatic carbocycles. The molecule has 0 saturated heterocycles. The maximum Gasteiger partial charge on any atom is 0.424 e. The van der Waals surface area contributed by atoms with Gasteiger partial charge in [0.05, 0.1) is 6.54 Å². The van der Waals surface area contributed by atoms with Crippen molar-refractivity contribution >= 4 is 11.0 Å². The summed E-state index contributed by atoms with van der Waals surface area (Å²) in [5, 5.41) is 0.278. The molecule has 0 N–H and O–H groups in total. The average molecular weight is 216 g/mol. The van der Waals surface area contributed by atoms with E-state index < -0.39 is 11.4 Å². The van der Waals surface area contributed by atoms with Gasteiger partial charge in [0.1, 0.15) is 5.39 Å². The van der Waals surface area contributed by atoms with Gasteiger partial charge in [0.25, 0.3) is 0 Å². The lowest BCUT2D eigenvalue weighted by Crippen LogP contribution is -2.25. The van der Waals surface area contributed by atoms with Crippen LogP contribution < -0.4 is 11.4 Å². The lowest BCUT2D eigenvalue weighted by atomic mass is 10.3. The van der Waals surface area contributed by atoms with Crippen LogP contribution in [0.5, 0.6) is 0 Å². The molecule has 0 radical (unpaired) electrons. The molecule has 0 unspecified atom stereocenters. The summed E-state index contributed by atoms with van der Waals surface area (Å²) in [4.78, 5) is 26.8. The molecule has 0 fully saturated rings. The Hall–Kier alpha value is -2.35. The highest BCUT2D eigenvalue weighted by atomic mass is 16.4. The van der Waals surface area contributed by atoms with E-state index in [-0.39, 0.29) is 11.9 Å². The SMILES string of the molecule is CC#CCn1c(=O)oc(=O)c2cccnc21. The van der Waals surface area contributed by atoms with Gasteiger partial charge in [-0.25, -0.2) is 19.1 Å². The fraction of sp³-hybridized carbons (Fsp3) is 0.182. The van der Waals surface area contributed by atoms with Crippen LogP contribution >= 0.6 is 0 Å². The molecule has 0 aliphatic rings. The Kier molecular flexibility index (Phi) is 2.56. The Morgan fingerprint density at radius 2 is 2.31 bits per heavy atom. The number of pyridine rings is 1. The molecule has 5 nitrogen and oxygen atoms in total. The van der Waals surface area contributed by atoms with Crippen LogP contribution in [0.25, 0.3) is 11.0 Å². The van der Waals surface area contributed by atoms with Crippen molar-refractivity contribution in [3.05, 3.63) is 39.3 Å². The summed E-state index contributed by atoms with van der Waals surface area (Å²) in [7, 11) is 0. The third-order valence-electron chi connectivity index (χ3n) is 2.08. The Bertz CT molecular complexity index is 701. The Balaban J connectivity index is 2.85. The predicted octanol–water partition coefficient (Wildman–Crippen LogP) is 0.373. The molecule has 2 aromatic heterocycles. The summed E-state index contributed by atoms with van der Waals surface area (Å²) in [6.45, 7) is 1.83. The van der Waals surface area contributed by atoms with E-state index in [2.05, 4.69) is 21.2 Å². The number of rotatable bonds is 1. The zero-order valence-electron chi connectivity index (χ0n) is 8.56. The van der Waals surface area contributed by atoms with Gasteiger partial charge in [-0.2, -0.15) is 0 Å². The summed E-state index contributed by atoms with van der Waals surface area (Å²) < 4.78 is 5.79. The standard InChI is InChI=1S/C11H8N2O3/c1-2-3-7-13-9-8(5-4-6-12-9)10(14)16-11(13)15/h4-6H,7H2,1H3. The van der Waals surface area contributed by atoms with Crippen molar-refractivity contribution in [2.24, 2.45) is 0 Å². The van der Waals surface area contributed by atoms with Crippen LogP contribution in [0, 0.1) is 11.8 Å². The van der Waals surface area contributed by atoms with Crippen LogP contribution in [-0.2, 0) is 6.54 Å². The van der Waals surface area contributed by atoms with E-state index in [9.17, 15) is 9.59 Å². The molecule has 0 saturated carbocycles. The van der Waals surface area contributed by atoms with Crippen molar-refractivity contribution in [3.8, 4) is 11.8 Å². The maximum absolute atomic E-state index is 11.4. The van der Waals surface area contributed by atoms with E-state index in [1.54, 1.807) is 19.1 Å². The maximum atomic E-state index is 11.4. The highest BCUT2D eigenvalue weighted by molar-refractivity contribution is 5.72. The molecule has 0 bridgehead atoms. The van der Waals surface area contributed by atoms with Crippen molar-refractivity contribution in [3.63, 3.8) is 0 Å². The van der Waals surface area contributed by atoms with E-state index in [4.69, 9.17) is 0 Å². The summed E-state index contributed by atoms with van der Waals surface area (Å²) in [5.41, 5.74) is -0.375. The summed E-state index contributed by atoms with van der Waals surface area (Å²) in [6.07, 6.45) is 1.51. The number of aromatic nitrogens is 2. The van der Waals surface area contributed by atoms with Gasteiger partial charge in [0.2, 0.25) is 0 Å². The van der Waals surface area contributed by atoms with Gasteiger partial charge in [-0.15, -0.1) is 5.92 Å². The van der Waals surface area contributed by atoms with E-state index in [1.807, 2.05) is 0 Å². The van der Waals surface area contributed by atoms with E-state index in [0.717, 1.165) is 0 Å². The quantitative estimate of drug-likeness (QED) is 0.646. The first-order valence-corrected chi connectivity index (χ1v) is 4.62. The van der Waals surface area contributed by atoms with Crippen LogP contribution in [0.2, 0.25) is 0 Å². The fourth-order valence-electron chi connectivity index (χ4n) is 1.34. The van der Waals surface area contributed by atoms with Crippen molar-refractivity contribution in [2.75, 3.05) is 0 Å². The molecule has 2 rings (SSSR count). The Morgan fingerprint density at radius 3 is 3.06 bits per heavy atom. The van der Waals surface area contributed by atoms with E-state index in [1.165, 1.54) is 10.8 Å². The van der Waals surface area contributed by atoms with Crippen LogP contribution in [0.4, 0.5) is 0 Å². The molecule has 0 aliphatic carbocycles. The molecule has 2 aromatic rings. The Labute approximate surface area is 90.3 Å².